The molecule has 5 N–H and O–H groups in total. The highest BCUT2D eigenvalue weighted by molar-refractivity contribution is 9.28. The Morgan fingerprint density at radius 2 is 1.73 bits per heavy atom. The highest BCUT2D eigenvalue weighted by atomic mass is 79.9. The van der Waals surface area contributed by atoms with Crippen LogP contribution in [0.15, 0.2) is 64.1 Å². The second-order valence-electron chi connectivity index (χ2n) is 10.0. The first-order chi connectivity index (χ1) is 19.1. The van der Waals surface area contributed by atoms with Gasteiger partial charge in [-0.1, -0.05) is 50.3 Å². The zero-order chi connectivity index (χ0) is 28.9. The highest BCUT2D eigenvalue weighted by Gasteiger charge is 2.61. The van der Waals surface area contributed by atoms with Gasteiger partial charge in [0.1, 0.15) is 17.6 Å². The zero-order valence-electron chi connectivity index (χ0n) is 21.9. The Balaban J connectivity index is 0.000000255. The smallest absolute Gasteiger partial charge is 0.311 e. The molecule has 40 heavy (non-hydrogen) atoms. The first-order valence-electron chi connectivity index (χ1n) is 12.6. The summed E-state index contributed by atoms with van der Waals surface area (Å²) in [6.45, 7) is 4.03. The van der Waals surface area contributed by atoms with E-state index in [1.807, 2.05) is 50.3 Å². The second-order valence-corrected chi connectivity index (χ2v) is 12.8. The lowest BCUT2D eigenvalue weighted by atomic mass is 10.1. The third kappa shape index (κ3) is 7.92. The van der Waals surface area contributed by atoms with Crippen molar-refractivity contribution in [1.82, 2.24) is 15.0 Å². The summed E-state index contributed by atoms with van der Waals surface area (Å²) in [7, 11) is 0. The van der Waals surface area contributed by atoms with Crippen LogP contribution in [0.25, 0.3) is 0 Å². The van der Waals surface area contributed by atoms with Crippen molar-refractivity contribution in [3.8, 4) is 17.6 Å². The molecule has 0 spiro atoms. The number of nitrogens with one attached hydrogen (secondary N) is 1. The van der Waals surface area contributed by atoms with Crippen LogP contribution in [0, 0.1) is 28.6 Å². The molecular weight excluding hydrogens is 642 g/mol. The zero-order valence-corrected chi connectivity index (χ0v) is 25.1. The summed E-state index contributed by atoms with van der Waals surface area (Å²) < 4.78 is 12.2. The van der Waals surface area contributed by atoms with E-state index in [4.69, 9.17) is 20.9 Å². The summed E-state index contributed by atoms with van der Waals surface area (Å²) in [6, 6.07) is 19.0. The third-order valence-corrected chi connectivity index (χ3v) is 7.07. The van der Waals surface area contributed by atoms with Gasteiger partial charge in [0.15, 0.2) is 0 Å². The number of ether oxygens (including phenoxy) is 2. The molecule has 1 heterocycles. The number of aromatic nitrogens is 3. The summed E-state index contributed by atoms with van der Waals surface area (Å²) >= 11 is 6.68. The minimum Gasteiger partial charge on any atom is -0.457 e. The molecule has 0 unspecified atom stereocenters. The molecule has 2 aromatic carbocycles. The number of carbonyl (C=O) groups excluding carboxylic acids is 1. The molecule has 0 radical (unpaired) electrons. The topological polar surface area (TPSA) is 162 Å². The van der Waals surface area contributed by atoms with Gasteiger partial charge < -0.3 is 26.3 Å². The van der Waals surface area contributed by atoms with Crippen LogP contribution in [0.1, 0.15) is 38.4 Å². The number of esters is 1. The summed E-state index contributed by atoms with van der Waals surface area (Å²) in [6.07, 6.45) is 3.28. The van der Waals surface area contributed by atoms with Gasteiger partial charge in [-0.2, -0.15) is 20.2 Å². The maximum absolute atomic E-state index is 12.7. The van der Waals surface area contributed by atoms with E-state index in [2.05, 4.69) is 58.2 Å². The summed E-state index contributed by atoms with van der Waals surface area (Å²) in [5, 5.41) is 12.6. The number of anilines is 3. The summed E-state index contributed by atoms with van der Waals surface area (Å²) in [5.74, 6) is 1.47. The molecule has 3 atom stereocenters. The first kappa shape index (κ1) is 29.3. The van der Waals surface area contributed by atoms with Crippen molar-refractivity contribution in [2.75, 3.05) is 16.8 Å². The van der Waals surface area contributed by atoms with Crippen LogP contribution in [0.2, 0.25) is 0 Å². The van der Waals surface area contributed by atoms with E-state index in [1.165, 1.54) is 0 Å². The number of nitrogens with two attached hydrogens (primary N) is 2. The number of hydrogen-bond donors (Lipinski definition) is 3. The lowest BCUT2D eigenvalue weighted by Crippen LogP contribution is -2.14. The van der Waals surface area contributed by atoms with Crippen molar-refractivity contribution in [2.45, 2.75) is 38.8 Å². The fraction of sp³-hybridized carbons (Fsp3) is 0.321. The van der Waals surface area contributed by atoms with Crippen molar-refractivity contribution in [1.29, 1.82) is 5.26 Å². The number of nitriles is 1. The van der Waals surface area contributed by atoms with E-state index in [1.54, 1.807) is 24.3 Å². The number of halogens is 2. The van der Waals surface area contributed by atoms with E-state index < -0.39 is 6.10 Å². The SMILES string of the molecule is CC1(C)[C@H](C(=O)O[C@H](C#N)c2cccc(Oc3ccccc3)c2)[C@@H]1C=C(Br)Br.Nc1nc(N)nc(NC2CC2)n1. The summed E-state index contributed by atoms with van der Waals surface area (Å²) in [5.41, 5.74) is 11.1. The number of benzene rings is 2. The quantitative estimate of drug-likeness (QED) is 0.239. The number of carbonyl (C=O) groups is 1. The lowest BCUT2D eigenvalue weighted by Gasteiger charge is -2.13. The molecule has 0 saturated heterocycles. The molecule has 2 saturated carbocycles. The molecule has 2 fully saturated rings. The standard InChI is InChI=1S/C22H19Br2NO3.C6H10N6/c1-22(2)17(12-19(23)24)20(22)21(26)28-18(13-25)14-7-6-10-16(11-14)27-15-8-4-3-5-9-15;7-4-10-5(8)12-6(11-4)9-3-1-2-3/h3-12,17-18,20H,1-2H3;3H,1-2H2,(H5,7,8,9,10,11,12)/t17-,18+,20-;/m0./s1. The van der Waals surface area contributed by atoms with E-state index >= 15 is 0 Å². The van der Waals surface area contributed by atoms with Gasteiger partial charge in [-0.3, -0.25) is 4.79 Å². The minimum atomic E-state index is -0.986. The Bertz CT molecular complexity index is 1400. The molecular formula is C28H29Br2N7O3. The molecule has 0 aliphatic heterocycles. The van der Waals surface area contributed by atoms with E-state index in [-0.39, 0.29) is 35.1 Å². The van der Waals surface area contributed by atoms with Crippen LogP contribution in [-0.4, -0.2) is 27.0 Å². The van der Waals surface area contributed by atoms with Crippen LogP contribution in [0.4, 0.5) is 17.8 Å². The molecule has 5 rings (SSSR count). The van der Waals surface area contributed by atoms with Gasteiger partial charge in [-0.15, -0.1) is 0 Å². The molecule has 12 heteroatoms. The molecule has 1 aromatic heterocycles. The van der Waals surface area contributed by atoms with Crippen molar-refractivity contribution in [3.63, 3.8) is 0 Å². The van der Waals surface area contributed by atoms with Crippen LogP contribution in [0.3, 0.4) is 0 Å². The van der Waals surface area contributed by atoms with Crippen LogP contribution < -0.4 is 21.5 Å². The molecule has 0 bridgehead atoms. The Hall–Kier alpha value is -3.69. The Labute approximate surface area is 249 Å². The molecule has 0 amide bonds. The molecule has 10 nitrogen and oxygen atoms in total. The van der Waals surface area contributed by atoms with Crippen LogP contribution in [0.5, 0.6) is 11.5 Å². The van der Waals surface area contributed by atoms with Crippen molar-refractivity contribution >= 4 is 55.7 Å². The highest BCUT2D eigenvalue weighted by Crippen LogP contribution is 2.60. The van der Waals surface area contributed by atoms with Crippen molar-refractivity contribution in [2.24, 2.45) is 17.3 Å². The second kappa shape index (κ2) is 12.7. The fourth-order valence-corrected chi connectivity index (χ4v) is 4.75. The predicted octanol–water partition coefficient (Wildman–Crippen LogP) is 6.10. The van der Waals surface area contributed by atoms with Gasteiger partial charge in [0.25, 0.3) is 0 Å². The number of para-hydroxylation sites is 1. The molecule has 208 valence electrons. The van der Waals surface area contributed by atoms with Gasteiger partial charge in [0.05, 0.1) is 9.31 Å². The number of nitrogens with zero attached hydrogens (tertiary/aromatic N) is 4. The third-order valence-electron chi connectivity index (χ3n) is 6.54. The van der Waals surface area contributed by atoms with E-state index in [0.717, 1.165) is 16.2 Å². The Morgan fingerprint density at radius 1 is 1.07 bits per heavy atom. The first-order valence-corrected chi connectivity index (χ1v) is 14.1. The number of nitrogen functional groups attached to an aromatic ring is 2. The Kier molecular flexibility index (Phi) is 9.27. The Morgan fingerprint density at radius 3 is 2.33 bits per heavy atom. The number of allylic oxidation sites excluding steroid dienone is 1. The van der Waals surface area contributed by atoms with E-state index in [9.17, 15) is 10.1 Å². The summed E-state index contributed by atoms with van der Waals surface area (Å²) in [4.78, 5) is 24.1. The normalized spacial score (nSPS) is 19.1. The van der Waals surface area contributed by atoms with Gasteiger partial charge in [-0.25, -0.2) is 0 Å². The maximum atomic E-state index is 12.7. The number of hydrogen-bond acceptors (Lipinski definition) is 10. The average Bonchev–Trinajstić information content (AvgIpc) is 3.80. The monoisotopic (exact) mass is 669 g/mol. The molecule has 3 aromatic rings. The van der Waals surface area contributed by atoms with Crippen molar-refractivity contribution in [3.05, 3.63) is 69.6 Å². The fourth-order valence-electron chi connectivity index (χ4n) is 4.18. The molecule has 2 aliphatic rings. The van der Waals surface area contributed by atoms with Crippen molar-refractivity contribution < 1.29 is 14.3 Å². The maximum Gasteiger partial charge on any atom is 0.311 e. The lowest BCUT2D eigenvalue weighted by molar-refractivity contribution is -0.149. The largest absolute Gasteiger partial charge is 0.457 e. The van der Waals surface area contributed by atoms with E-state index in [0.29, 0.717) is 29.1 Å². The van der Waals surface area contributed by atoms with Gasteiger partial charge in [-0.05, 0) is 80.3 Å². The predicted molar refractivity (Wildman–Crippen MR) is 159 cm³/mol. The van der Waals surface area contributed by atoms with Gasteiger partial charge in [0, 0.05) is 11.6 Å². The molecule has 2 aliphatic carbocycles. The van der Waals surface area contributed by atoms with Gasteiger partial charge in [0.2, 0.25) is 23.9 Å². The minimum absolute atomic E-state index is 0.0563. The number of rotatable bonds is 8. The van der Waals surface area contributed by atoms with Crippen LogP contribution in [-0.2, 0) is 9.53 Å². The van der Waals surface area contributed by atoms with Crippen LogP contribution >= 0.6 is 31.9 Å². The average molecular weight is 671 g/mol. The van der Waals surface area contributed by atoms with Gasteiger partial charge >= 0.3 is 5.97 Å².